The maximum atomic E-state index is 16.8. The monoisotopic (exact) mass is 622 g/mol. The molecule has 4 fully saturated rings. The Hall–Kier alpha value is -3.97. The predicted octanol–water partition coefficient (Wildman–Crippen LogP) is 4.62. The van der Waals surface area contributed by atoms with Crippen LogP contribution in [0.1, 0.15) is 32.1 Å². The fourth-order valence-corrected chi connectivity index (χ4v) is 8.38. The Morgan fingerprint density at radius 1 is 1.07 bits per heavy atom. The standard InChI is InChI=1S/C32H30F4N6O3/c33-16-10-32(6-1-7-41(32)11-16)14-45-31-39-28-24-29(40-31)42-12-17-3-5-21(37-17)22(42)13-44-30(24)38-27(26(28)36)19-9-18(43)8-15-2-4-20(34)25(35)23(15)19/h2,4,8-9,16-17,21-22,37,43H,1,3,5-7,10-14H2/t16-,17-,21+,22+,32?/m0/s1. The molecule has 234 valence electrons. The second kappa shape index (κ2) is 9.76. The van der Waals surface area contributed by atoms with Crippen molar-refractivity contribution in [1.82, 2.24) is 25.2 Å². The van der Waals surface area contributed by atoms with Gasteiger partial charge in [0.25, 0.3) is 0 Å². The summed E-state index contributed by atoms with van der Waals surface area (Å²) in [5.74, 6) is -3.01. The van der Waals surface area contributed by atoms with Crippen molar-refractivity contribution in [2.75, 3.05) is 37.7 Å². The third kappa shape index (κ3) is 4.09. The molecule has 4 aromatic rings. The Morgan fingerprint density at radius 2 is 1.96 bits per heavy atom. The smallest absolute Gasteiger partial charge is 0.319 e. The highest BCUT2D eigenvalue weighted by atomic mass is 19.2. The molecule has 2 N–H and O–H groups in total. The lowest BCUT2D eigenvalue weighted by molar-refractivity contribution is 0.107. The second-order valence-corrected chi connectivity index (χ2v) is 13.0. The largest absolute Gasteiger partial charge is 0.508 e. The van der Waals surface area contributed by atoms with Crippen LogP contribution in [0.15, 0.2) is 24.3 Å². The fourth-order valence-electron chi connectivity index (χ4n) is 8.38. The number of hydrogen-bond acceptors (Lipinski definition) is 9. The van der Waals surface area contributed by atoms with Gasteiger partial charge in [0, 0.05) is 42.5 Å². The first kappa shape index (κ1) is 27.3. The lowest BCUT2D eigenvalue weighted by atomic mass is 9.95. The van der Waals surface area contributed by atoms with E-state index in [0.29, 0.717) is 25.3 Å². The van der Waals surface area contributed by atoms with Gasteiger partial charge in [-0.25, -0.2) is 22.5 Å². The fraction of sp³-hybridized carbons (Fsp3) is 0.469. The quantitative estimate of drug-likeness (QED) is 0.316. The van der Waals surface area contributed by atoms with Crippen LogP contribution in [0, 0.1) is 17.5 Å². The van der Waals surface area contributed by atoms with Gasteiger partial charge in [-0.3, -0.25) is 4.90 Å². The number of rotatable bonds is 4. The van der Waals surface area contributed by atoms with Gasteiger partial charge in [0.2, 0.25) is 5.88 Å². The maximum absolute atomic E-state index is 16.8. The number of nitrogens with zero attached hydrogens (tertiary/aromatic N) is 5. The van der Waals surface area contributed by atoms with Gasteiger partial charge in [-0.1, -0.05) is 6.07 Å². The number of hydrogen-bond donors (Lipinski definition) is 2. The summed E-state index contributed by atoms with van der Waals surface area (Å²) < 4.78 is 73.5. The van der Waals surface area contributed by atoms with Crippen LogP contribution in [-0.2, 0) is 0 Å². The van der Waals surface area contributed by atoms with Gasteiger partial charge >= 0.3 is 6.01 Å². The summed E-state index contributed by atoms with van der Waals surface area (Å²) in [6.07, 6.45) is 3.06. The maximum Gasteiger partial charge on any atom is 0.319 e. The zero-order valence-corrected chi connectivity index (χ0v) is 24.2. The Bertz CT molecular complexity index is 1900. The number of ether oxygens (including phenoxy) is 2. The summed E-state index contributed by atoms with van der Waals surface area (Å²) in [4.78, 5) is 18.1. The molecule has 0 spiro atoms. The van der Waals surface area contributed by atoms with Crippen molar-refractivity contribution in [2.24, 2.45) is 0 Å². The summed E-state index contributed by atoms with van der Waals surface area (Å²) >= 11 is 0. The van der Waals surface area contributed by atoms with E-state index in [2.05, 4.69) is 25.1 Å². The highest BCUT2D eigenvalue weighted by molar-refractivity contribution is 6.02. The number of halogens is 4. The first-order valence-corrected chi connectivity index (χ1v) is 15.5. The molecule has 5 atom stereocenters. The molecular formula is C32H30F4N6O3. The van der Waals surface area contributed by atoms with Gasteiger partial charge in [0.15, 0.2) is 17.5 Å². The van der Waals surface area contributed by atoms with E-state index >= 15 is 8.78 Å². The molecule has 7 heterocycles. The average Bonchev–Trinajstić information content (AvgIpc) is 3.65. The van der Waals surface area contributed by atoms with E-state index in [9.17, 15) is 13.9 Å². The van der Waals surface area contributed by atoms with E-state index in [1.165, 1.54) is 12.1 Å². The highest BCUT2D eigenvalue weighted by Crippen LogP contribution is 2.45. The Labute approximate surface area is 255 Å². The predicted molar refractivity (Wildman–Crippen MR) is 157 cm³/mol. The number of alkyl halides is 1. The van der Waals surface area contributed by atoms with Crippen molar-refractivity contribution in [3.63, 3.8) is 0 Å². The summed E-state index contributed by atoms with van der Waals surface area (Å²) in [7, 11) is 0. The normalized spacial score (nSPS) is 28.8. The van der Waals surface area contributed by atoms with E-state index < -0.39 is 29.2 Å². The van der Waals surface area contributed by atoms with E-state index in [0.717, 1.165) is 44.4 Å². The molecule has 5 aliphatic heterocycles. The zero-order chi connectivity index (χ0) is 30.6. The minimum Gasteiger partial charge on any atom is -0.508 e. The number of aromatic nitrogens is 3. The van der Waals surface area contributed by atoms with Crippen LogP contribution in [0.25, 0.3) is 32.9 Å². The zero-order valence-electron chi connectivity index (χ0n) is 24.2. The van der Waals surface area contributed by atoms with E-state index in [4.69, 9.17) is 14.5 Å². The Balaban J connectivity index is 1.24. The van der Waals surface area contributed by atoms with Crippen molar-refractivity contribution < 1.29 is 32.1 Å². The van der Waals surface area contributed by atoms with Crippen LogP contribution in [0.5, 0.6) is 17.6 Å². The van der Waals surface area contributed by atoms with E-state index in [1.54, 1.807) is 0 Å². The first-order valence-electron chi connectivity index (χ1n) is 15.5. The van der Waals surface area contributed by atoms with Crippen molar-refractivity contribution in [3.05, 3.63) is 41.7 Å². The Morgan fingerprint density at radius 3 is 2.84 bits per heavy atom. The van der Waals surface area contributed by atoms with Crippen LogP contribution in [-0.4, -0.2) is 87.6 Å². The van der Waals surface area contributed by atoms with Crippen LogP contribution in [0.3, 0.4) is 0 Å². The third-order valence-electron chi connectivity index (χ3n) is 10.4. The molecule has 2 bridgehead atoms. The van der Waals surface area contributed by atoms with Crippen LogP contribution in [0.4, 0.5) is 23.4 Å². The molecule has 1 unspecified atom stereocenters. The number of piperazine rings is 1. The number of anilines is 1. The van der Waals surface area contributed by atoms with Gasteiger partial charge in [-0.2, -0.15) is 9.97 Å². The number of phenolic OH excluding ortho intramolecular Hbond substituents is 1. The van der Waals surface area contributed by atoms with Gasteiger partial charge in [-0.15, -0.1) is 0 Å². The molecule has 45 heavy (non-hydrogen) atoms. The molecule has 13 heteroatoms. The summed E-state index contributed by atoms with van der Waals surface area (Å²) in [5.41, 5.74) is -1.12. The molecule has 5 aliphatic rings. The van der Waals surface area contributed by atoms with Crippen LogP contribution < -0.4 is 19.7 Å². The van der Waals surface area contributed by atoms with Gasteiger partial charge in [0.1, 0.15) is 47.5 Å². The molecule has 0 aliphatic carbocycles. The molecular weight excluding hydrogens is 592 g/mol. The number of pyridine rings is 1. The lowest BCUT2D eigenvalue weighted by Crippen LogP contribution is -2.60. The van der Waals surface area contributed by atoms with Crippen LogP contribution in [0.2, 0.25) is 0 Å². The van der Waals surface area contributed by atoms with Gasteiger partial charge in [-0.05, 0) is 55.8 Å². The lowest BCUT2D eigenvalue weighted by Gasteiger charge is -2.40. The minimum atomic E-state index is -1.19. The average molecular weight is 623 g/mol. The van der Waals surface area contributed by atoms with E-state index in [-0.39, 0.29) is 81.9 Å². The second-order valence-electron chi connectivity index (χ2n) is 13.0. The van der Waals surface area contributed by atoms with Crippen molar-refractivity contribution in [2.45, 2.75) is 61.9 Å². The van der Waals surface area contributed by atoms with Crippen molar-refractivity contribution in [1.29, 1.82) is 0 Å². The topological polar surface area (TPSA) is 95.9 Å². The molecule has 9 nitrogen and oxygen atoms in total. The Kier molecular flexibility index (Phi) is 5.93. The molecule has 2 aromatic heterocycles. The number of aromatic hydroxyl groups is 1. The molecule has 0 amide bonds. The number of benzene rings is 2. The number of fused-ring (bicyclic) bond motifs is 7. The van der Waals surface area contributed by atoms with Crippen molar-refractivity contribution in [3.8, 4) is 28.9 Å². The highest BCUT2D eigenvalue weighted by Gasteiger charge is 2.50. The van der Waals surface area contributed by atoms with Gasteiger partial charge in [0.05, 0.1) is 11.6 Å². The molecule has 2 aromatic carbocycles. The van der Waals surface area contributed by atoms with Crippen molar-refractivity contribution >= 4 is 27.5 Å². The molecule has 9 rings (SSSR count). The molecule has 0 saturated carbocycles. The molecule has 4 saturated heterocycles. The van der Waals surface area contributed by atoms with Crippen LogP contribution >= 0.6 is 0 Å². The molecule has 0 radical (unpaired) electrons. The first-order chi connectivity index (χ1) is 21.8. The van der Waals surface area contributed by atoms with Gasteiger partial charge < -0.3 is 24.8 Å². The SMILES string of the molecule is Oc1cc(-c2nc3c4c(nc(OCC56CCCN5C[C@@H](F)C6)nc4c2F)N2C[C@@H]4CC[C@@H](N4)[C@H]2CO3)c2c(F)c(F)ccc2c1. The summed E-state index contributed by atoms with van der Waals surface area (Å²) in [5, 5.41) is 14.3. The summed E-state index contributed by atoms with van der Waals surface area (Å²) in [6.45, 7) is 2.14. The van der Waals surface area contributed by atoms with E-state index in [1.807, 2.05) is 0 Å². The summed E-state index contributed by atoms with van der Waals surface area (Å²) in [6, 6.07) is 4.83. The number of nitrogens with one attached hydrogen (secondary N) is 1. The minimum absolute atomic E-state index is 0.0538. The number of phenols is 1. The third-order valence-corrected chi connectivity index (χ3v) is 10.4.